The monoisotopic (exact) mass is 152 g/mol. The number of hydrogen-bond acceptors (Lipinski definition) is 2. The molecule has 60 valence electrons. The fourth-order valence-electron chi connectivity index (χ4n) is 0.851. The van der Waals surface area contributed by atoms with Gasteiger partial charge in [-0.1, -0.05) is 6.08 Å². The minimum absolute atomic E-state index is 0.515. The minimum atomic E-state index is -0.515. The maximum absolute atomic E-state index is 9.55. The van der Waals surface area contributed by atoms with E-state index < -0.39 is 6.10 Å². The summed E-state index contributed by atoms with van der Waals surface area (Å²) in [5, 5.41) is 9.55. The van der Waals surface area contributed by atoms with Crippen LogP contribution in [0.4, 0.5) is 0 Å². The Labute approximate surface area is 66.2 Å². The topological polar surface area (TPSA) is 33.4 Å². The average molecular weight is 152 g/mol. The first-order chi connectivity index (χ1) is 5.25. The molecule has 0 saturated carbocycles. The van der Waals surface area contributed by atoms with Crippen molar-refractivity contribution in [2.75, 3.05) is 0 Å². The van der Waals surface area contributed by atoms with Crippen molar-refractivity contribution in [2.45, 2.75) is 20.0 Å². The van der Waals surface area contributed by atoms with E-state index in [9.17, 15) is 5.11 Å². The summed E-state index contributed by atoms with van der Waals surface area (Å²) < 4.78 is 4.84. The third-order valence-electron chi connectivity index (χ3n) is 1.75. The molecule has 0 radical (unpaired) electrons. The molecule has 1 unspecified atom stereocenters. The van der Waals surface area contributed by atoms with Crippen molar-refractivity contribution in [3.63, 3.8) is 0 Å². The number of aliphatic hydroxyl groups excluding tert-OH is 1. The Morgan fingerprint density at radius 1 is 1.73 bits per heavy atom. The highest BCUT2D eigenvalue weighted by Crippen LogP contribution is 2.20. The molecule has 1 aromatic heterocycles. The average Bonchev–Trinajstić information content (AvgIpc) is 2.53. The normalized spacial score (nSPS) is 15.0. The van der Waals surface area contributed by atoms with Crippen LogP contribution in [0.5, 0.6) is 0 Å². The van der Waals surface area contributed by atoms with Crippen LogP contribution in [0.3, 0.4) is 0 Å². The van der Waals surface area contributed by atoms with Gasteiger partial charge in [-0.25, -0.2) is 0 Å². The molecule has 0 saturated heterocycles. The number of rotatable bonds is 2. The molecule has 1 heterocycles. The standard InChI is InChI=1S/C9H12O2/c1-3-7(2)9(10)8-4-5-11-6-8/h3-6,9-10H,1-2H3/b7-3+. The van der Waals surface area contributed by atoms with Crippen molar-refractivity contribution in [3.05, 3.63) is 35.8 Å². The van der Waals surface area contributed by atoms with Gasteiger partial charge in [0.15, 0.2) is 0 Å². The smallest absolute Gasteiger partial charge is 0.103 e. The molecule has 0 fully saturated rings. The Hall–Kier alpha value is -1.02. The van der Waals surface area contributed by atoms with Crippen molar-refractivity contribution in [3.8, 4) is 0 Å². The summed E-state index contributed by atoms with van der Waals surface area (Å²) in [6, 6.07) is 1.76. The van der Waals surface area contributed by atoms with Crippen LogP contribution in [-0.4, -0.2) is 5.11 Å². The molecule has 1 rings (SSSR count). The lowest BCUT2D eigenvalue weighted by molar-refractivity contribution is 0.214. The summed E-state index contributed by atoms with van der Waals surface area (Å²) in [6.07, 6.45) is 4.48. The molecule has 0 spiro atoms. The maximum atomic E-state index is 9.55. The summed E-state index contributed by atoms with van der Waals surface area (Å²) in [5.74, 6) is 0. The largest absolute Gasteiger partial charge is 0.472 e. The fraction of sp³-hybridized carbons (Fsp3) is 0.333. The Balaban J connectivity index is 2.78. The zero-order chi connectivity index (χ0) is 8.27. The van der Waals surface area contributed by atoms with Crippen LogP contribution in [0.2, 0.25) is 0 Å². The first-order valence-electron chi connectivity index (χ1n) is 3.58. The molecule has 0 aliphatic heterocycles. The van der Waals surface area contributed by atoms with Gasteiger partial charge < -0.3 is 9.52 Å². The highest BCUT2D eigenvalue weighted by Gasteiger charge is 2.08. The molecule has 1 aromatic rings. The molecule has 0 aromatic carbocycles. The predicted octanol–water partition coefficient (Wildman–Crippen LogP) is 2.28. The molecule has 1 N–H and O–H groups in total. The zero-order valence-electron chi connectivity index (χ0n) is 6.74. The van der Waals surface area contributed by atoms with E-state index >= 15 is 0 Å². The van der Waals surface area contributed by atoms with E-state index in [-0.39, 0.29) is 0 Å². The van der Waals surface area contributed by atoms with Gasteiger partial charge in [0.1, 0.15) is 6.10 Å². The van der Waals surface area contributed by atoms with Crippen molar-refractivity contribution >= 4 is 0 Å². The molecule has 11 heavy (non-hydrogen) atoms. The number of furan rings is 1. The summed E-state index contributed by atoms with van der Waals surface area (Å²) >= 11 is 0. The van der Waals surface area contributed by atoms with Gasteiger partial charge in [0.2, 0.25) is 0 Å². The Morgan fingerprint density at radius 3 is 2.91 bits per heavy atom. The molecular weight excluding hydrogens is 140 g/mol. The number of allylic oxidation sites excluding steroid dienone is 1. The molecule has 0 bridgehead atoms. The predicted molar refractivity (Wildman–Crippen MR) is 43.1 cm³/mol. The van der Waals surface area contributed by atoms with Crippen LogP contribution >= 0.6 is 0 Å². The first-order valence-corrected chi connectivity index (χ1v) is 3.58. The van der Waals surface area contributed by atoms with Crippen molar-refractivity contribution in [1.29, 1.82) is 0 Å². The van der Waals surface area contributed by atoms with Gasteiger partial charge in [-0.3, -0.25) is 0 Å². The second-order valence-corrected chi connectivity index (χ2v) is 2.49. The fourth-order valence-corrected chi connectivity index (χ4v) is 0.851. The van der Waals surface area contributed by atoms with Crippen molar-refractivity contribution < 1.29 is 9.52 Å². The van der Waals surface area contributed by atoms with E-state index in [0.29, 0.717) is 0 Å². The minimum Gasteiger partial charge on any atom is -0.472 e. The van der Waals surface area contributed by atoms with E-state index in [1.54, 1.807) is 18.6 Å². The summed E-state index contributed by atoms with van der Waals surface area (Å²) in [4.78, 5) is 0. The molecular formula is C9H12O2. The third kappa shape index (κ3) is 1.71. The van der Waals surface area contributed by atoms with Gasteiger partial charge in [0.25, 0.3) is 0 Å². The van der Waals surface area contributed by atoms with Crippen molar-refractivity contribution in [2.24, 2.45) is 0 Å². The molecule has 1 atom stereocenters. The van der Waals surface area contributed by atoms with E-state index in [2.05, 4.69) is 0 Å². The Kier molecular flexibility index (Phi) is 2.49. The highest BCUT2D eigenvalue weighted by atomic mass is 16.3. The van der Waals surface area contributed by atoms with Gasteiger partial charge in [0.05, 0.1) is 12.5 Å². The van der Waals surface area contributed by atoms with Gasteiger partial charge >= 0.3 is 0 Å². The van der Waals surface area contributed by atoms with Gasteiger partial charge in [-0.15, -0.1) is 0 Å². The number of aliphatic hydroxyl groups is 1. The van der Waals surface area contributed by atoms with Gasteiger partial charge in [-0.05, 0) is 25.5 Å². The zero-order valence-corrected chi connectivity index (χ0v) is 6.74. The lowest BCUT2D eigenvalue weighted by Gasteiger charge is -2.06. The molecule has 2 nitrogen and oxygen atoms in total. The van der Waals surface area contributed by atoms with Crippen LogP contribution < -0.4 is 0 Å². The molecule has 2 heteroatoms. The molecule has 0 aliphatic rings. The Bertz CT molecular complexity index is 234. The lowest BCUT2D eigenvalue weighted by atomic mass is 10.1. The third-order valence-corrected chi connectivity index (χ3v) is 1.75. The Morgan fingerprint density at radius 2 is 2.45 bits per heavy atom. The second kappa shape index (κ2) is 3.39. The maximum Gasteiger partial charge on any atom is 0.103 e. The van der Waals surface area contributed by atoms with E-state index in [1.165, 1.54) is 0 Å². The van der Waals surface area contributed by atoms with Crippen molar-refractivity contribution in [1.82, 2.24) is 0 Å². The first kappa shape index (κ1) is 8.08. The van der Waals surface area contributed by atoms with E-state index in [0.717, 1.165) is 11.1 Å². The van der Waals surface area contributed by atoms with Crippen LogP contribution in [0, 0.1) is 0 Å². The SMILES string of the molecule is C/C=C(\C)C(O)c1ccoc1. The summed E-state index contributed by atoms with van der Waals surface area (Å²) in [5.41, 5.74) is 1.74. The summed E-state index contributed by atoms with van der Waals surface area (Å²) in [6.45, 7) is 3.79. The quantitative estimate of drug-likeness (QED) is 0.659. The van der Waals surface area contributed by atoms with Gasteiger partial charge in [0, 0.05) is 5.56 Å². The second-order valence-electron chi connectivity index (χ2n) is 2.49. The molecule has 0 amide bonds. The highest BCUT2D eigenvalue weighted by molar-refractivity contribution is 5.20. The number of hydrogen-bond donors (Lipinski definition) is 1. The lowest BCUT2D eigenvalue weighted by Crippen LogP contribution is -1.95. The molecule has 0 aliphatic carbocycles. The summed E-state index contributed by atoms with van der Waals surface area (Å²) in [7, 11) is 0. The van der Waals surface area contributed by atoms with Crippen LogP contribution in [0.15, 0.2) is 34.7 Å². The van der Waals surface area contributed by atoms with Crippen LogP contribution in [-0.2, 0) is 0 Å². The van der Waals surface area contributed by atoms with Gasteiger partial charge in [-0.2, -0.15) is 0 Å². The van der Waals surface area contributed by atoms with Crippen LogP contribution in [0.25, 0.3) is 0 Å². The van der Waals surface area contributed by atoms with E-state index in [1.807, 2.05) is 19.9 Å². The van der Waals surface area contributed by atoms with E-state index in [4.69, 9.17) is 4.42 Å². The van der Waals surface area contributed by atoms with Crippen LogP contribution in [0.1, 0.15) is 25.5 Å².